The largest absolute Gasteiger partial charge is 0.480 e. The van der Waals surface area contributed by atoms with E-state index in [0.29, 0.717) is 6.61 Å². The van der Waals surface area contributed by atoms with Crippen LogP contribution in [0.2, 0.25) is 0 Å². The summed E-state index contributed by atoms with van der Waals surface area (Å²) in [7, 11) is 0. The van der Waals surface area contributed by atoms with Crippen molar-refractivity contribution in [2.75, 3.05) is 13.2 Å². The van der Waals surface area contributed by atoms with Gasteiger partial charge in [-0.15, -0.1) is 0 Å². The average molecular weight is 223 g/mol. The van der Waals surface area contributed by atoms with Crippen LogP contribution in [0, 0.1) is 0 Å². The second-order valence-electron chi connectivity index (χ2n) is 1.80. The molecule has 3 nitrogen and oxygen atoms in total. The van der Waals surface area contributed by atoms with Gasteiger partial charge in [-0.1, -0.05) is 13.3 Å². The van der Waals surface area contributed by atoms with Gasteiger partial charge in [-0.2, -0.15) is 0 Å². The minimum Gasteiger partial charge on any atom is -0.480 e. The Labute approximate surface area is 79.9 Å². The number of carboxylic acid groups (broad SMARTS) is 1. The molecule has 0 saturated carbocycles. The van der Waals surface area contributed by atoms with E-state index in [1.165, 1.54) is 0 Å². The first-order valence-corrected chi connectivity index (χ1v) is 3.07. The number of unbranched alkanes of at least 4 members (excludes halogenated alkanes) is 1. The van der Waals surface area contributed by atoms with Crippen LogP contribution in [0.15, 0.2) is 0 Å². The zero-order valence-corrected chi connectivity index (χ0v) is 8.55. The van der Waals surface area contributed by atoms with Crippen molar-refractivity contribution >= 4 is 5.97 Å². The number of aliphatic carboxylic acids is 1. The Bertz CT molecular complexity index is 85.1. The molecule has 0 bridgehead atoms. The average Bonchev–Trinajstić information content (AvgIpc) is 1.80. The molecule has 0 atom stereocenters. The number of rotatable bonds is 5. The second kappa shape index (κ2) is 9.31. The maximum Gasteiger partial charge on any atom is 0.329 e. The molecule has 0 aliphatic rings. The van der Waals surface area contributed by atoms with Crippen LogP contribution in [0.4, 0.5) is 0 Å². The molecule has 0 radical (unpaired) electrons. The van der Waals surface area contributed by atoms with Crippen molar-refractivity contribution < 1.29 is 40.8 Å². The van der Waals surface area contributed by atoms with Gasteiger partial charge < -0.3 is 9.84 Å². The van der Waals surface area contributed by atoms with Crippen LogP contribution in [0.3, 0.4) is 0 Å². The fourth-order valence-corrected chi connectivity index (χ4v) is 0.406. The quantitative estimate of drug-likeness (QED) is 0.704. The molecule has 0 aliphatic heterocycles. The standard InChI is InChI=1S/C6H12O3.Zr/c1-2-3-4-9-5-6(7)8;/h2-5H2,1H3,(H,7,8);. The van der Waals surface area contributed by atoms with E-state index < -0.39 is 5.97 Å². The number of ether oxygens (including phenoxy) is 1. The summed E-state index contributed by atoms with van der Waals surface area (Å²) in [5, 5.41) is 8.09. The van der Waals surface area contributed by atoms with Gasteiger partial charge in [0.2, 0.25) is 0 Å². The molecule has 0 aromatic carbocycles. The second-order valence-corrected chi connectivity index (χ2v) is 1.80. The van der Waals surface area contributed by atoms with Crippen molar-refractivity contribution in [1.82, 2.24) is 0 Å². The van der Waals surface area contributed by atoms with Crippen molar-refractivity contribution in [1.29, 1.82) is 0 Å². The zero-order valence-electron chi connectivity index (χ0n) is 6.09. The minimum atomic E-state index is -0.897. The molecule has 0 amide bonds. The summed E-state index contributed by atoms with van der Waals surface area (Å²) in [4.78, 5) is 9.84. The van der Waals surface area contributed by atoms with E-state index in [4.69, 9.17) is 9.84 Å². The van der Waals surface area contributed by atoms with Crippen LogP contribution in [0.1, 0.15) is 19.8 Å². The molecule has 0 aromatic heterocycles. The number of carbonyl (C=O) groups is 1. The molecule has 0 aromatic rings. The molecule has 0 aliphatic carbocycles. The minimum absolute atomic E-state index is 0. The van der Waals surface area contributed by atoms with Crippen LogP contribution in [0.5, 0.6) is 0 Å². The first-order valence-electron chi connectivity index (χ1n) is 3.07. The Morgan fingerprint density at radius 3 is 2.60 bits per heavy atom. The Hall–Kier alpha value is 0.313. The van der Waals surface area contributed by atoms with Crippen molar-refractivity contribution in [3.8, 4) is 0 Å². The summed E-state index contributed by atoms with van der Waals surface area (Å²) in [5.74, 6) is -0.897. The first kappa shape index (κ1) is 12.9. The van der Waals surface area contributed by atoms with E-state index in [1.54, 1.807) is 0 Å². The van der Waals surface area contributed by atoms with Gasteiger partial charge in [-0.3, -0.25) is 0 Å². The molecule has 0 fully saturated rings. The van der Waals surface area contributed by atoms with Gasteiger partial charge in [0.25, 0.3) is 0 Å². The van der Waals surface area contributed by atoms with Crippen LogP contribution in [-0.4, -0.2) is 24.3 Å². The van der Waals surface area contributed by atoms with Gasteiger partial charge in [0.05, 0.1) is 0 Å². The monoisotopic (exact) mass is 222 g/mol. The summed E-state index contributed by atoms with van der Waals surface area (Å²) in [6.07, 6.45) is 1.98. The van der Waals surface area contributed by atoms with E-state index in [2.05, 4.69) is 0 Å². The van der Waals surface area contributed by atoms with Crippen LogP contribution < -0.4 is 0 Å². The molecule has 0 unspecified atom stereocenters. The number of hydrogen-bond donors (Lipinski definition) is 1. The van der Waals surface area contributed by atoms with Gasteiger partial charge in [0.15, 0.2) is 0 Å². The van der Waals surface area contributed by atoms with Gasteiger partial charge >= 0.3 is 5.97 Å². The molecule has 10 heavy (non-hydrogen) atoms. The summed E-state index contributed by atoms with van der Waals surface area (Å²) in [5.41, 5.74) is 0. The SMILES string of the molecule is CCCCOCC(=O)O.[Zr]. The first-order chi connectivity index (χ1) is 4.27. The Morgan fingerprint density at radius 1 is 1.60 bits per heavy atom. The van der Waals surface area contributed by atoms with Gasteiger partial charge in [-0.05, 0) is 6.42 Å². The molecule has 0 saturated heterocycles. The Kier molecular flexibility index (Phi) is 12.1. The third-order valence-electron chi connectivity index (χ3n) is 0.868. The molecule has 4 heteroatoms. The predicted octanol–water partition coefficient (Wildman–Crippen LogP) is 0.885. The maximum atomic E-state index is 9.84. The molecular weight excluding hydrogens is 211 g/mol. The van der Waals surface area contributed by atoms with Crippen molar-refractivity contribution in [3.63, 3.8) is 0 Å². The fraction of sp³-hybridized carbons (Fsp3) is 0.833. The van der Waals surface area contributed by atoms with Gasteiger partial charge in [0.1, 0.15) is 6.61 Å². The summed E-state index contributed by atoms with van der Waals surface area (Å²) < 4.78 is 4.74. The number of carboxylic acids is 1. The molecule has 0 heterocycles. The molecule has 0 rings (SSSR count). The molecule has 1 N–H and O–H groups in total. The molecular formula is C6H12O3Zr. The molecule has 0 spiro atoms. The third-order valence-corrected chi connectivity index (χ3v) is 0.868. The molecule has 58 valence electrons. The van der Waals surface area contributed by atoms with Crippen molar-refractivity contribution in [2.24, 2.45) is 0 Å². The van der Waals surface area contributed by atoms with Crippen LogP contribution in [0.25, 0.3) is 0 Å². The fourth-order valence-electron chi connectivity index (χ4n) is 0.406. The van der Waals surface area contributed by atoms with E-state index in [-0.39, 0.29) is 32.8 Å². The summed E-state index contributed by atoms with van der Waals surface area (Å²) in [6, 6.07) is 0. The normalized spacial score (nSPS) is 8.50. The Balaban J connectivity index is 0. The third kappa shape index (κ3) is 11.2. The van der Waals surface area contributed by atoms with Crippen molar-refractivity contribution in [3.05, 3.63) is 0 Å². The van der Waals surface area contributed by atoms with Gasteiger partial charge in [-0.25, -0.2) is 4.79 Å². The number of hydrogen-bond acceptors (Lipinski definition) is 2. The van der Waals surface area contributed by atoms with E-state index >= 15 is 0 Å². The van der Waals surface area contributed by atoms with Gasteiger partial charge in [0, 0.05) is 32.8 Å². The van der Waals surface area contributed by atoms with Crippen LogP contribution >= 0.6 is 0 Å². The topological polar surface area (TPSA) is 46.5 Å². The Morgan fingerprint density at radius 2 is 2.20 bits per heavy atom. The van der Waals surface area contributed by atoms with Crippen LogP contribution in [-0.2, 0) is 35.7 Å². The summed E-state index contributed by atoms with van der Waals surface area (Å²) >= 11 is 0. The van der Waals surface area contributed by atoms with Crippen molar-refractivity contribution in [2.45, 2.75) is 19.8 Å². The maximum absolute atomic E-state index is 9.84. The predicted molar refractivity (Wildman–Crippen MR) is 33.4 cm³/mol. The van der Waals surface area contributed by atoms with E-state index in [1.807, 2.05) is 6.92 Å². The van der Waals surface area contributed by atoms with E-state index in [9.17, 15) is 4.79 Å². The summed E-state index contributed by atoms with van der Waals surface area (Å²) in [6.45, 7) is 2.42. The zero-order chi connectivity index (χ0) is 7.11. The smallest absolute Gasteiger partial charge is 0.329 e. The van der Waals surface area contributed by atoms with E-state index in [0.717, 1.165) is 12.8 Å².